The molecule has 1 aromatic carbocycles. The van der Waals surface area contributed by atoms with Crippen LogP contribution in [0.3, 0.4) is 0 Å². The Labute approximate surface area is 146 Å². The number of hydrogen-bond donors (Lipinski definition) is 2. The number of aryl methyl sites for hydroxylation is 1. The molecule has 3 aliphatic rings. The quantitative estimate of drug-likeness (QED) is 0.855. The minimum atomic E-state index is -4.04. The molecule has 0 spiro atoms. The first-order chi connectivity index (χ1) is 12.0. The maximum absolute atomic E-state index is 11.1. The van der Waals surface area contributed by atoms with Gasteiger partial charge in [0.05, 0.1) is 6.10 Å². The third kappa shape index (κ3) is 2.55. The minimum Gasteiger partial charge on any atom is -0.393 e. The van der Waals surface area contributed by atoms with E-state index in [-0.39, 0.29) is 17.1 Å². The lowest BCUT2D eigenvalue weighted by atomic mass is 9.55. The number of hydrogen-bond acceptors (Lipinski definition) is 4. The van der Waals surface area contributed by atoms with Crippen LogP contribution in [-0.4, -0.2) is 19.6 Å². The van der Waals surface area contributed by atoms with Crippen molar-refractivity contribution < 1.29 is 20.4 Å². The lowest BCUT2D eigenvalue weighted by molar-refractivity contribution is -0.0226. The topological polar surface area (TPSA) is 89.6 Å². The molecule has 0 amide bonds. The highest BCUT2D eigenvalue weighted by molar-refractivity contribution is 7.84. The molecule has 0 unspecified atom stereocenters. The minimum absolute atomic E-state index is 0.166. The normalized spacial score (nSPS) is 41.5. The van der Waals surface area contributed by atoms with Gasteiger partial charge in [-0.25, -0.2) is 0 Å². The first kappa shape index (κ1) is 14.1. The van der Waals surface area contributed by atoms with E-state index in [0.717, 1.165) is 31.2 Å². The molecule has 0 bridgehead atoms. The van der Waals surface area contributed by atoms with Gasteiger partial charge in [-0.2, -0.15) is 13.6 Å². The van der Waals surface area contributed by atoms with Gasteiger partial charge in [0.25, 0.3) is 0 Å². The third-order valence-corrected chi connectivity index (χ3v) is 6.93. The van der Waals surface area contributed by atoms with Crippen molar-refractivity contribution in [1.82, 2.24) is 0 Å². The molecule has 0 aromatic heterocycles. The first-order valence-electron chi connectivity index (χ1n) is 9.54. The second-order valence-electron chi connectivity index (χ2n) is 7.71. The lowest BCUT2D eigenvalue weighted by Gasteiger charge is -2.50. The summed E-state index contributed by atoms with van der Waals surface area (Å²) in [6.07, 6.45) is 1.40. The van der Waals surface area contributed by atoms with Gasteiger partial charge >= 0.3 is 10.3 Å². The highest BCUT2D eigenvalue weighted by Crippen LogP contribution is 2.60. The summed E-state index contributed by atoms with van der Waals surface area (Å²) < 4.78 is 43.5. The fraction of sp³-hybridized carbons (Fsp3) is 0.667. The maximum atomic E-state index is 11.1. The van der Waals surface area contributed by atoms with E-state index >= 15 is 0 Å². The molecule has 2 saturated carbocycles. The van der Waals surface area contributed by atoms with Crippen molar-refractivity contribution in [3.8, 4) is 5.75 Å². The first-order valence-corrected chi connectivity index (χ1v) is 10.0. The molecule has 1 aromatic rings. The number of aliphatic hydroxyl groups excluding tert-OH is 1. The Hall–Kier alpha value is -1.11. The summed E-state index contributed by atoms with van der Waals surface area (Å²) in [7, 11) is -4.04. The van der Waals surface area contributed by atoms with Gasteiger partial charge < -0.3 is 9.29 Å². The molecule has 0 saturated heterocycles. The molecular formula is C18H25NO4S. The van der Waals surface area contributed by atoms with Gasteiger partial charge in [-0.05, 0) is 84.9 Å². The number of aliphatic hydroxyl groups is 1. The molecule has 6 heteroatoms. The van der Waals surface area contributed by atoms with Gasteiger partial charge in [0.15, 0.2) is 0 Å². The smallest absolute Gasteiger partial charge is 0.380 e. The molecule has 3 aliphatic carbocycles. The Bertz CT molecular complexity index is 844. The Morgan fingerprint density at radius 1 is 1.38 bits per heavy atom. The van der Waals surface area contributed by atoms with Gasteiger partial charge in [-0.1, -0.05) is 13.0 Å². The molecule has 5 nitrogen and oxygen atoms in total. The molecular weight excluding hydrogens is 326 g/mol. The van der Waals surface area contributed by atoms with E-state index in [2.05, 4.69) is 0 Å². The van der Waals surface area contributed by atoms with Crippen molar-refractivity contribution >= 4 is 10.3 Å². The fourth-order valence-electron chi connectivity index (χ4n) is 5.29. The standard InChI is InChI=1S/C18H25NO4S/c1-18-9-8-14-13-5-3-12(23-24(19,21)22)10-11(13)2-4-15(14)16(18)6-7-17(18)20/h3,5,10,14-17,20H,2,4,6-9H2,1H3,(H2,19,21,22)/t14-,15-,16+,17+,18+/m1/s1/i7D2. The summed E-state index contributed by atoms with van der Waals surface area (Å²) in [5.41, 5.74) is 1.92. The summed E-state index contributed by atoms with van der Waals surface area (Å²) >= 11 is 0. The highest BCUT2D eigenvalue weighted by atomic mass is 32.2. The molecule has 132 valence electrons. The Morgan fingerprint density at radius 3 is 2.92 bits per heavy atom. The van der Waals surface area contributed by atoms with Crippen molar-refractivity contribution in [2.75, 3.05) is 0 Å². The molecule has 0 radical (unpaired) electrons. The predicted octanol–water partition coefficient (Wildman–Crippen LogP) is 2.49. The van der Waals surface area contributed by atoms with Crippen LogP contribution in [0.1, 0.15) is 58.8 Å². The van der Waals surface area contributed by atoms with Crippen LogP contribution < -0.4 is 9.32 Å². The monoisotopic (exact) mass is 353 g/mol. The number of rotatable bonds is 2. The second kappa shape index (κ2) is 5.44. The van der Waals surface area contributed by atoms with E-state index in [4.69, 9.17) is 12.1 Å². The molecule has 2 fully saturated rings. The number of nitrogens with two attached hydrogens (primary N) is 1. The Morgan fingerprint density at radius 2 is 2.17 bits per heavy atom. The van der Waals surface area contributed by atoms with Crippen LogP contribution in [-0.2, 0) is 16.7 Å². The van der Waals surface area contributed by atoms with Gasteiger partial charge in [-0.15, -0.1) is 0 Å². The zero-order chi connectivity index (χ0) is 18.9. The zero-order valence-electron chi connectivity index (χ0n) is 15.7. The van der Waals surface area contributed by atoms with Crippen LogP contribution in [0.2, 0.25) is 0 Å². The fourth-order valence-corrected chi connectivity index (χ4v) is 5.66. The van der Waals surface area contributed by atoms with Crippen LogP contribution >= 0.6 is 0 Å². The van der Waals surface area contributed by atoms with E-state index in [0.29, 0.717) is 18.3 Å². The number of fused-ring (bicyclic) bond motifs is 5. The molecule has 3 N–H and O–H groups in total. The zero-order valence-corrected chi connectivity index (χ0v) is 14.6. The predicted molar refractivity (Wildman–Crippen MR) is 90.8 cm³/mol. The summed E-state index contributed by atoms with van der Waals surface area (Å²) in [6.45, 7) is 2.04. The van der Waals surface area contributed by atoms with Crippen LogP contribution in [0, 0.1) is 17.3 Å². The number of benzene rings is 1. The average molecular weight is 353 g/mol. The van der Waals surface area contributed by atoms with Crippen molar-refractivity contribution in [1.29, 1.82) is 0 Å². The molecule has 24 heavy (non-hydrogen) atoms. The Balaban J connectivity index is 1.65. The van der Waals surface area contributed by atoms with Gasteiger partial charge in [-0.3, -0.25) is 0 Å². The highest BCUT2D eigenvalue weighted by Gasteiger charge is 2.54. The van der Waals surface area contributed by atoms with Gasteiger partial charge in [0.2, 0.25) is 0 Å². The van der Waals surface area contributed by atoms with Crippen LogP contribution in [0.5, 0.6) is 5.75 Å². The van der Waals surface area contributed by atoms with E-state index in [1.54, 1.807) is 12.1 Å². The third-order valence-electron chi connectivity index (χ3n) is 6.50. The van der Waals surface area contributed by atoms with Gasteiger partial charge in [0, 0.05) is 2.74 Å². The summed E-state index contributed by atoms with van der Waals surface area (Å²) in [6, 6.07) is 5.32. The SMILES string of the molecule is [2H]C1([2H])C[C@H]2[C@@H]3CCc4cc(OS(N)(=O)=O)ccc4[C@H]3CC[C@]2(C)[C@H]1O. The molecule has 0 heterocycles. The summed E-state index contributed by atoms with van der Waals surface area (Å²) in [4.78, 5) is 0. The van der Waals surface area contributed by atoms with E-state index in [9.17, 15) is 13.5 Å². The van der Waals surface area contributed by atoms with Crippen LogP contribution in [0.4, 0.5) is 0 Å². The van der Waals surface area contributed by atoms with E-state index in [1.165, 1.54) is 5.56 Å². The van der Waals surface area contributed by atoms with Crippen molar-refractivity contribution in [2.24, 2.45) is 22.4 Å². The average Bonchev–Trinajstić information content (AvgIpc) is 2.72. The van der Waals surface area contributed by atoms with E-state index in [1.807, 2.05) is 13.0 Å². The van der Waals surface area contributed by atoms with Gasteiger partial charge in [0.1, 0.15) is 5.75 Å². The lowest BCUT2D eigenvalue weighted by Crippen LogP contribution is -2.43. The van der Waals surface area contributed by atoms with Crippen molar-refractivity contribution in [2.45, 2.75) is 57.4 Å². The van der Waals surface area contributed by atoms with Crippen molar-refractivity contribution in [3.63, 3.8) is 0 Å². The van der Waals surface area contributed by atoms with Crippen molar-refractivity contribution in [3.05, 3.63) is 29.3 Å². The molecule has 0 aliphatic heterocycles. The van der Waals surface area contributed by atoms with Crippen LogP contribution in [0.15, 0.2) is 18.2 Å². The molecule has 4 rings (SSSR count). The summed E-state index contributed by atoms with van der Waals surface area (Å²) in [5.74, 6) is 1.07. The van der Waals surface area contributed by atoms with Crippen LogP contribution in [0.25, 0.3) is 0 Å². The van der Waals surface area contributed by atoms with E-state index < -0.39 is 22.8 Å². The largest absolute Gasteiger partial charge is 0.393 e. The Kier molecular flexibility index (Phi) is 3.20. The maximum Gasteiger partial charge on any atom is 0.380 e. The second-order valence-corrected chi connectivity index (χ2v) is 8.86. The molecule has 5 atom stereocenters. The summed E-state index contributed by atoms with van der Waals surface area (Å²) in [5, 5.41) is 15.5.